The molecule has 0 aromatic carbocycles. The first-order chi connectivity index (χ1) is 6.24. The van der Waals surface area contributed by atoms with Crippen molar-refractivity contribution >= 4 is 0 Å². The number of hydrogen-bond acceptors (Lipinski definition) is 3. The minimum atomic E-state index is -0.158. The van der Waals surface area contributed by atoms with Gasteiger partial charge in [0.05, 0.1) is 12.7 Å². The van der Waals surface area contributed by atoms with Crippen LogP contribution in [0.25, 0.3) is 0 Å². The van der Waals surface area contributed by atoms with E-state index in [1.165, 1.54) is 0 Å². The Hall–Kier alpha value is -0.120. The van der Waals surface area contributed by atoms with E-state index in [0.717, 1.165) is 19.4 Å². The van der Waals surface area contributed by atoms with Crippen LogP contribution in [-0.2, 0) is 9.47 Å². The molecular formula is C10H18O3. The molecule has 5 atom stereocenters. The van der Waals surface area contributed by atoms with Gasteiger partial charge in [0.2, 0.25) is 0 Å². The van der Waals surface area contributed by atoms with Crippen LogP contribution in [0.3, 0.4) is 0 Å². The number of rotatable bonds is 1. The summed E-state index contributed by atoms with van der Waals surface area (Å²) in [7, 11) is 1.68. The molecule has 0 radical (unpaired) electrons. The first-order valence-corrected chi connectivity index (χ1v) is 5.06. The number of aliphatic hydroxyl groups excluding tert-OH is 1. The molecule has 76 valence electrons. The molecule has 0 aromatic heterocycles. The average Bonchev–Trinajstić information content (AvgIpc) is 2.43. The second-order valence-corrected chi connectivity index (χ2v) is 4.26. The summed E-state index contributed by atoms with van der Waals surface area (Å²) in [5.74, 6) is 1.31. The molecule has 0 spiro atoms. The molecule has 1 N–H and O–H groups in total. The standard InChI is InChI=1S/C10H18O3/c1-6-8(11)5-7-3-4-13-10(12-2)9(6)7/h6-11H,3-5H2,1-2H3/t6-,7-,8-,9+,10-/m0/s1. The highest BCUT2D eigenvalue weighted by molar-refractivity contribution is 4.92. The van der Waals surface area contributed by atoms with Crippen molar-refractivity contribution in [3.63, 3.8) is 0 Å². The fraction of sp³-hybridized carbons (Fsp3) is 1.00. The van der Waals surface area contributed by atoms with Crippen LogP contribution >= 0.6 is 0 Å². The number of ether oxygens (including phenoxy) is 2. The molecule has 13 heavy (non-hydrogen) atoms. The summed E-state index contributed by atoms with van der Waals surface area (Å²) in [6, 6.07) is 0. The summed E-state index contributed by atoms with van der Waals surface area (Å²) in [4.78, 5) is 0. The highest BCUT2D eigenvalue weighted by Crippen LogP contribution is 2.44. The Morgan fingerprint density at radius 2 is 2.23 bits per heavy atom. The van der Waals surface area contributed by atoms with Crippen LogP contribution in [0.1, 0.15) is 19.8 Å². The third-order valence-electron chi connectivity index (χ3n) is 3.62. The summed E-state index contributed by atoms with van der Waals surface area (Å²) in [6.07, 6.45) is 1.75. The van der Waals surface area contributed by atoms with Crippen LogP contribution in [0.15, 0.2) is 0 Å². The Morgan fingerprint density at radius 1 is 1.46 bits per heavy atom. The van der Waals surface area contributed by atoms with E-state index >= 15 is 0 Å². The number of aliphatic hydroxyl groups is 1. The molecular weight excluding hydrogens is 168 g/mol. The maximum atomic E-state index is 9.73. The van der Waals surface area contributed by atoms with Gasteiger partial charge in [0.15, 0.2) is 6.29 Å². The summed E-state index contributed by atoms with van der Waals surface area (Å²) >= 11 is 0. The van der Waals surface area contributed by atoms with Gasteiger partial charge in [0.25, 0.3) is 0 Å². The zero-order valence-electron chi connectivity index (χ0n) is 8.27. The monoisotopic (exact) mass is 186 g/mol. The van der Waals surface area contributed by atoms with Crippen molar-refractivity contribution in [2.24, 2.45) is 17.8 Å². The maximum absolute atomic E-state index is 9.73. The van der Waals surface area contributed by atoms with Gasteiger partial charge in [0.1, 0.15) is 0 Å². The van der Waals surface area contributed by atoms with Crippen molar-refractivity contribution in [2.75, 3.05) is 13.7 Å². The van der Waals surface area contributed by atoms with Gasteiger partial charge in [-0.1, -0.05) is 6.92 Å². The second-order valence-electron chi connectivity index (χ2n) is 4.26. The summed E-state index contributed by atoms with van der Waals surface area (Å²) in [6.45, 7) is 2.87. The summed E-state index contributed by atoms with van der Waals surface area (Å²) in [5.41, 5.74) is 0. The predicted octanol–water partition coefficient (Wildman–Crippen LogP) is 1.01. The van der Waals surface area contributed by atoms with Crippen LogP contribution < -0.4 is 0 Å². The van der Waals surface area contributed by atoms with Gasteiger partial charge in [0, 0.05) is 13.0 Å². The van der Waals surface area contributed by atoms with E-state index in [0.29, 0.717) is 17.8 Å². The number of hydrogen-bond donors (Lipinski definition) is 1. The first kappa shape index (κ1) is 9.44. The topological polar surface area (TPSA) is 38.7 Å². The molecule has 1 aliphatic heterocycles. The molecule has 1 heterocycles. The minimum Gasteiger partial charge on any atom is -0.393 e. The molecule has 2 aliphatic rings. The first-order valence-electron chi connectivity index (χ1n) is 5.06. The third-order valence-corrected chi connectivity index (χ3v) is 3.62. The van der Waals surface area contributed by atoms with Gasteiger partial charge in [-0.05, 0) is 24.7 Å². The van der Waals surface area contributed by atoms with Gasteiger partial charge in [-0.15, -0.1) is 0 Å². The van der Waals surface area contributed by atoms with E-state index in [-0.39, 0.29) is 12.4 Å². The Bertz CT molecular complexity index is 177. The van der Waals surface area contributed by atoms with E-state index in [2.05, 4.69) is 6.92 Å². The van der Waals surface area contributed by atoms with E-state index in [9.17, 15) is 5.11 Å². The van der Waals surface area contributed by atoms with Gasteiger partial charge >= 0.3 is 0 Å². The van der Waals surface area contributed by atoms with Gasteiger partial charge in [-0.25, -0.2) is 0 Å². The molecule has 1 saturated heterocycles. The maximum Gasteiger partial charge on any atom is 0.160 e. The van der Waals surface area contributed by atoms with Gasteiger partial charge in [-0.2, -0.15) is 0 Å². The number of methoxy groups -OCH3 is 1. The average molecular weight is 186 g/mol. The van der Waals surface area contributed by atoms with Crippen LogP contribution in [0.2, 0.25) is 0 Å². The zero-order chi connectivity index (χ0) is 9.42. The van der Waals surface area contributed by atoms with Crippen LogP contribution in [0, 0.1) is 17.8 Å². The Labute approximate surface area is 79.0 Å². The van der Waals surface area contributed by atoms with Crippen LogP contribution in [0.5, 0.6) is 0 Å². The molecule has 0 bridgehead atoms. The third kappa shape index (κ3) is 1.49. The highest BCUT2D eigenvalue weighted by atomic mass is 16.7. The quantitative estimate of drug-likeness (QED) is 0.664. The highest BCUT2D eigenvalue weighted by Gasteiger charge is 2.46. The SMILES string of the molecule is CO[C@H]1OCC[C@H]2C[C@H](O)[C@H](C)[C@H]21. The lowest BCUT2D eigenvalue weighted by atomic mass is 9.86. The minimum absolute atomic E-state index is 0.0918. The zero-order valence-corrected chi connectivity index (χ0v) is 8.27. The molecule has 0 aromatic rings. The second kappa shape index (κ2) is 3.56. The van der Waals surface area contributed by atoms with Crippen molar-refractivity contribution in [3.05, 3.63) is 0 Å². The lowest BCUT2D eigenvalue weighted by molar-refractivity contribution is -0.197. The Kier molecular flexibility index (Phi) is 2.58. The van der Waals surface area contributed by atoms with Crippen molar-refractivity contribution in [3.8, 4) is 0 Å². The van der Waals surface area contributed by atoms with Crippen molar-refractivity contribution in [2.45, 2.75) is 32.2 Å². The number of fused-ring (bicyclic) bond motifs is 1. The normalized spacial score (nSPS) is 50.5. The molecule has 3 nitrogen and oxygen atoms in total. The molecule has 1 saturated carbocycles. The van der Waals surface area contributed by atoms with Crippen molar-refractivity contribution in [1.82, 2.24) is 0 Å². The molecule has 1 aliphatic carbocycles. The van der Waals surface area contributed by atoms with E-state index < -0.39 is 0 Å². The fourth-order valence-electron chi connectivity index (χ4n) is 2.82. The van der Waals surface area contributed by atoms with Crippen molar-refractivity contribution < 1.29 is 14.6 Å². The van der Waals surface area contributed by atoms with E-state index in [1.54, 1.807) is 7.11 Å². The smallest absolute Gasteiger partial charge is 0.160 e. The van der Waals surface area contributed by atoms with Crippen molar-refractivity contribution in [1.29, 1.82) is 0 Å². The van der Waals surface area contributed by atoms with Gasteiger partial charge < -0.3 is 14.6 Å². The lowest BCUT2D eigenvalue weighted by Crippen LogP contribution is -2.37. The molecule has 2 rings (SSSR count). The summed E-state index contributed by atoms with van der Waals surface area (Å²) in [5, 5.41) is 9.73. The summed E-state index contributed by atoms with van der Waals surface area (Å²) < 4.78 is 10.8. The molecule has 3 heteroatoms. The van der Waals surface area contributed by atoms with Crippen LogP contribution in [-0.4, -0.2) is 31.2 Å². The largest absolute Gasteiger partial charge is 0.393 e. The van der Waals surface area contributed by atoms with E-state index in [4.69, 9.17) is 9.47 Å². The molecule has 0 amide bonds. The Balaban J connectivity index is 2.11. The fourth-order valence-corrected chi connectivity index (χ4v) is 2.82. The van der Waals surface area contributed by atoms with Gasteiger partial charge in [-0.3, -0.25) is 0 Å². The van der Waals surface area contributed by atoms with Crippen LogP contribution in [0.4, 0.5) is 0 Å². The lowest BCUT2D eigenvalue weighted by Gasteiger charge is -2.34. The Morgan fingerprint density at radius 3 is 2.92 bits per heavy atom. The van der Waals surface area contributed by atoms with E-state index in [1.807, 2.05) is 0 Å². The molecule has 2 fully saturated rings. The molecule has 0 unspecified atom stereocenters. The predicted molar refractivity (Wildman–Crippen MR) is 48.1 cm³/mol.